The molecule has 0 N–H and O–H groups in total. The van der Waals surface area contributed by atoms with E-state index in [4.69, 9.17) is 14.2 Å². The number of Topliss-reactive ketones (excluding diaryl/α,β-unsaturated/α-hetero) is 1. The van der Waals surface area contributed by atoms with Crippen LogP contribution in [0.4, 0.5) is 0 Å². The van der Waals surface area contributed by atoms with Gasteiger partial charge >= 0.3 is 17.9 Å². The van der Waals surface area contributed by atoms with Crippen LogP contribution in [0.2, 0.25) is 0 Å². The largest absolute Gasteiger partial charge is 0.462 e. The summed E-state index contributed by atoms with van der Waals surface area (Å²) in [7, 11) is 0. The summed E-state index contributed by atoms with van der Waals surface area (Å²) in [5.41, 5.74) is -0.209. The van der Waals surface area contributed by atoms with E-state index in [1.54, 1.807) is 20.8 Å². The van der Waals surface area contributed by atoms with Crippen LogP contribution in [-0.2, 0) is 33.4 Å². The Morgan fingerprint density at radius 1 is 1.00 bits per heavy atom. The van der Waals surface area contributed by atoms with Gasteiger partial charge in [-0.25, -0.2) is 0 Å². The van der Waals surface area contributed by atoms with Gasteiger partial charge in [-0.3, -0.25) is 19.2 Å². The van der Waals surface area contributed by atoms with Crippen LogP contribution >= 0.6 is 0 Å². The van der Waals surface area contributed by atoms with Gasteiger partial charge in [0.05, 0.1) is 11.8 Å². The highest BCUT2D eigenvalue weighted by molar-refractivity contribution is 6.03. The van der Waals surface area contributed by atoms with E-state index in [0.29, 0.717) is 12.0 Å². The highest BCUT2D eigenvalue weighted by atomic mass is 16.6. The number of rotatable bonds is 4. The van der Waals surface area contributed by atoms with E-state index in [9.17, 15) is 19.2 Å². The zero-order valence-electron chi connectivity index (χ0n) is 22.5. The van der Waals surface area contributed by atoms with E-state index in [0.717, 1.165) is 5.57 Å². The first-order valence-electron chi connectivity index (χ1n) is 12.6. The van der Waals surface area contributed by atoms with E-state index in [1.165, 1.54) is 13.8 Å². The van der Waals surface area contributed by atoms with Crippen LogP contribution in [-0.4, -0.2) is 41.5 Å². The number of allylic oxidation sites excluding steroid dienone is 1. The molecule has 0 radical (unpaired) electrons. The molecule has 3 aliphatic rings. The summed E-state index contributed by atoms with van der Waals surface area (Å²) in [4.78, 5) is 50.9. The molecule has 2 saturated carbocycles. The monoisotopic (exact) mass is 488 g/mol. The summed E-state index contributed by atoms with van der Waals surface area (Å²) < 4.78 is 17.6. The maximum absolute atomic E-state index is 14.1. The number of fused-ring (bicyclic) bond motifs is 2. The topological polar surface area (TPSA) is 96.0 Å². The first kappa shape index (κ1) is 27.2. The maximum Gasteiger partial charge on any atom is 0.308 e. The molecule has 3 aliphatic carbocycles. The van der Waals surface area contributed by atoms with Crippen LogP contribution in [0.5, 0.6) is 0 Å². The van der Waals surface area contributed by atoms with Crippen molar-refractivity contribution < 1.29 is 33.4 Å². The van der Waals surface area contributed by atoms with Gasteiger partial charge in [0.25, 0.3) is 0 Å². The lowest BCUT2D eigenvalue weighted by molar-refractivity contribution is -0.170. The smallest absolute Gasteiger partial charge is 0.308 e. The van der Waals surface area contributed by atoms with Crippen LogP contribution in [0.25, 0.3) is 0 Å². The quantitative estimate of drug-likeness (QED) is 0.325. The summed E-state index contributed by atoms with van der Waals surface area (Å²) in [6.07, 6.45) is 3.62. The Bertz CT molecular complexity index is 972. The molecule has 35 heavy (non-hydrogen) atoms. The summed E-state index contributed by atoms with van der Waals surface area (Å²) in [5, 5.41) is 0. The third kappa shape index (κ3) is 5.10. The third-order valence-corrected chi connectivity index (χ3v) is 8.00. The first-order chi connectivity index (χ1) is 16.1. The molecule has 3 rings (SSSR count). The highest BCUT2D eigenvalue weighted by Crippen LogP contribution is 2.63. The fourth-order valence-corrected chi connectivity index (χ4v) is 6.27. The zero-order chi connectivity index (χ0) is 26.5. The Balaban J connectivity index is 2.17. The molecule has 2 fully saturated rings. The summed E-state index contributed by atoms with van der Waals surface area (Å²) in [6.45, 7) is 16.0. The van der Waals surface area contributed by atoms with Gasteiger partial charge in [-0.15, -0.1) is 0 Å². The van der Waals surface area contributed by atoms with Crippen molar-refractivity contribution in [3.63, 3.8) is 0 Å². The lowest BCUT2D eigenvalue weighted by Gasteiger charge is -2.34. The third-order valence-electron chi connectivity index (χ3n) is 8.00. The number of ether oxygens (including phenoxy) is 3. The van der Waals surface area contributed by atoms with E-state index in [2.05, 4.69) is 13.8 Å². The Morgan fingerprint density at radius 3 is 2.17 bits per heavy atom. The minimum absolute atomic E-state index is 0.0444. The molecular weight excluding hydrogens is 448 g/mol. The number of carbonyl (C=O) groups excluding carboxylic acids is 4. The van der Waals surface area contributed by atoms with Gasteiger partial charge in [0, 0.05) is 32.6 Å². The van der Waals surface area contributed by atoms with Gasteiger partial charge in [-0.2, -0.15) is 0 Å². The Hall–Kier alpha value is -2.44. The molecule has 194 valence electrons. The van der Waals surface area contributed by atoms with Crippen molar-refractivity contribution in [1.82, 2.24) is 0 Å². The molecule has 7 atom stereocenters. The van der Waals surface area contributed by atoms with Crippen LogP contribution in [0.15, 0.2) is 23.3 Å². The average molecular weight is 489 g/mol. The molecule has 7 nitrogen and oxygen atoms in total. The van der Waals surface area contributed by atoms with Gasteiger partial charge in [-0.05, 0) is 36.7 Å². The van der Waals surface area contributed by atoms with Crippen molar-refractivity contribution in [3.8, 4) is 0 Å². The zero-order valence-corrected chi connectivity index (χ0v) is 22.5. The summed E-state index contributed by atoms with van der Waals surface area (Å²) in [5.74, 6) is -2.60. The number of hydrogen-bond acceptors (Lipinski definition) is 7. The standard InChI is InChI=1S/C28H40O7/c1-14(2)26(32)34-24-17(5)13-28(35-19(7)30)21(24)10-15(3)11-22(33-18(6)29)23-20(27(23,8)9)12-16(4)25(28)31/h10,12,14,17,20-24H,11,13H2,1-9H3. The predicted molar refractivity (Wildman–Crippen MR) is 130 cm³/mol. The van der Waals surface area contributed by atoms with E-state index < -0.39 is 23.6 Å². The van der Waals surface area contributed by atoms with Gasteiger partial charge in [0.2, 0.25) is 5.78 Å². The van der Waals surface area contributed by atoms with Gasteiger partial charge in [0.1, 0.15) is 12.2 Å². The molecule has 0 bridgehead atoms. The second-order valence-electron chi connectivity index (χ2n) is 11.7. The van der Waals surface area contributed by atoms with Crippen LogP contribution in [0, 0.1) is 35.0 Å². The molecule has 0 aromatic heterocycles. The van der Waals surface area contributed by atoms with Gasteiger partial charge < -0.3 is 14.2 Å². The predicted octanol–water partition coefficient (Wildman–Crippen LogP) is 4.58. The molecule has 0 amide bonds. The van der Waals surface area contributed by atoms with Crippen molar-refractivity contribution in [2.45, 2.75) is 93.0 Å². The van der Waals surface area contributed by atoms with Gasteiger partial charge in [-0.1, -0.05) is 52.3 Å². The van der Waals surface area contributed by atoms with Crippen LogP contribution in [0.1, 0.15) is 75.2 Å². The number of esters is 3. The maximum atomic E-state index is 14.1. The second kappa shape index (κ2) is 9.55. The Labute approximate surface area is 208 Å². The van der Waals surface area contributed by atoms with Crippen LogP contribution < -0.4 is 0 Å². The molecule has 7 heteroatoms. The van der Waals surface area contributed by atoms with Crippen LogP contribution in [0.3, 0.4) is 0 Å². The van der Waals surface area contributed by atoms with E-state index in [-0.39, 0.29) is 59.3 Å². The SMILES string of the molecule is CC(=O)OC1CC(C)=CC2C(OC(=O)C(C)C)C(C)CC2(OC(C)=O)C(=O)C(C)=CC2C1C2(C)C. The fourth-order valence-electron chi connectivity index (χ4n) is 6.27. The average Bonchev–Trinajstić information content (AvgIpc) is 3.16. The normalized spacial score (nSPS) is 36.1. The molecule has 0 aromatic carbocycles. The molecule has 0 aliphatic heterocycles. The van der Waals surface area contributed by atoms with Crippen molar-refractivity contribution in [1.29, 1.82) is 0 Å². The molecular formula is C28H40O7. The fraction of sp³-hybridized carbons (Fsp3) is 0.714. The minimum Gasteiger partial charge on any atom is -0.462 e. The van der Waals surface area contributed by atoms with Crippen molar-refractivity contribution in [2.24, 2.45) is 35.0 Å². The van der Waals surface area contributed by atoms with Crippen molar-refractivity contribution in [3.05, 3.63) is 23.3 Å². The highest BCUT2D eigenvalue weighted by Gasteiger charge is 2.63. The van der Waals surface area contributed by atoms with Crippen molar-refractivity contribution in [2.75, 3.05) is 0 Å². The first-order valence-corrected chi connectivity index (χ1v) is 12.6. The molecule has 7 unspecified atom stereocenters. The minimum atomic E-state index is -1.47. The lowest BCUT2D eigenvalue weighted by Crippen LogP contribution is -2.49. The summed E-state index contributed by atoms with van der Waals surface area (Å²) >= 11 is 0. The molecule has 0 aromatic rings. The molecule has 0 saturated heterocycles. The Kier molecular flexibility index (Phi) is 7.41. The van der Waals surface area contributed by atoms with E-state index >= 15 is 0 Å². The summed E-state index contributed by atoms with van der Waals surface area (Å²) in [6, 6.07) is 0. The molecule has 0 heterocycles. The number of hydrogen-bond donors (Lipinski definition) is 0. The van der Waals surface area contributed by atoms with Gasteiger partial charge in [0.15, 0.2) is 5.60 Å². The number of carbonyl (C=O) groups is 4. The Morgan fingerprint density at radius 2 is 1.63 bits per heavy atom. The lowest BCUT2D eigenvalue weighted by atomic mass is 9.81. The molecule has 0 spiro atoms. The van der Waals surface area contributed by atoms with E-state index in [1.807, 2.05) is 26.0 Å². The second-order valence-corrected chi connectivity index (χ2v) is 11.7. The van der Waals surface area contributed by atoms with Crippen molar-refractivity contribution >= 4 is 23.7 Å². The number of ketones is 1.